The first-order valence-corrected chi connectivity index (χ1v) is 10.5. The van der Waals surface area contributed by atoms with Crippen molar-refractivity contribution in [2.45, 2.75) is 12.2 Å². The standard InChI is InChI=1S/C23H18ClF3N4O3/c24-18-4-2-1-3-16(18)20-17-9-10-19(34)31(15-7-5-13(6-8-15)23(25,26)27)21(17)30-22(29-20)28-14(11-32)12-33/h1-10,14,32-33H,11-12H2,(H,28,29,30). The van der Waals surface area contributed by atoms with Crippen LogP contribution in [0.5, 0.6) is 0 Å². The van der Waals surface area contributed by atoms with Crippen LogP contribution < -0.4 is 10.9 Å². The summed E-state index contributed by atoms with van der Waals surface area (Å²) in [6.07, 6.45) is -4.53. The van der Waals surface area contributed by atoms with Crippen molar-refractivity contribution < 1.29 is 23.4 Å². The van der Waals surface area contributed by atoms with Crippen molar-refractivity contribution in [3.63, 3.8) is 0 Å². The first kappa shape index (κ1) is 23.7. The number of anilines is 1. The molecule has 0 aliphatic rings. The molecule has 0 saturated carbocycles. The highest BCUT2D eigenvalue weighted by atomic mass is 35.5. The quantitative estimate of drug-likeness (QED) is 0.379. The second-order valence-electron chi connectivity index (χ2n) is 7.37. The van der Waals surface area contributed by atoms with Crippen LogP contribution in [-0.2, 0) is 6.18 Å². The molecular weight excluding hydrogens is 473 g/mol. The van der Waals surface area contributed by atoms with Crippen molar-refractivity contribution in [2.24, 2.45) is 0 Å². The van der Waals surface area contributed by atoms with E-state index in [1.54, 1.807) is 24.3 Å². The first-order chi connectivity index (χ1) is 16.2. The predicted octanol–water partition coefficient (Wildman–Crippen LogP) is 3.89. The highest BCUT2D eigenvalue weighted by Crippen LogP contribution is 2.33. The topological polar surface area (TPSA) is 100 Å². The predicted molar refractivity (Wildman–Crippen MR) is 122 cm³/mol. The van der Waals surface area contributed by atoms with Crippen molar-refractivity contribution >= 4 is 28.6 Å². The highest BCUT2D eigenvalue weighted by molar-refractivity contribution is 6.33. The molecule has 0 bridgehead atoms. The number of aliphatic hydroxyl groups is 2. The van der Waals surface area contributed by atoms with Crippen LogP contribution in [-0.4, -0.2) is 44.0 Å². The number of hydrogen-bond acceptors (Lipinski definition) is 6. The maximum atomic E-state index is 13.0. The van der Waals surface area contributed by atoms with Gasteiger partial charge in [-0.05, 0) is 36.4 Å². The van der Waals surface area contributed by atoms with Gasteiger partial charge in [0.15, 0.2) is 5.65 Å². The van der Waals surface area contributed by atoms with E-state index in [1.165, 1.54) is 24.3 Å². The fraction of sp³-hybridized carbons (Fsp3) is 0.174. The molecule has 2 aromatic carbocycles. The zero-order chi connectivity index (χ0) is 24.5. The lowest BCUT2D eigenvalue weighted by Crippen LogP contribution is -2.29. The van der Waals surface area contributed by atoms with E-state index < -0.39 is 36.6 Å². The molecule has 0 unspecified atom stereocenters. The zero-order valence-electron chi connectivity index (χ0n) is 17.4. The molecule has 4 aromatic rings. The summed E-state index contributed by atoms with van der Waals surface area (Å²) in [5.74, 6) is -0.0122. The summed E-state index contributed by atoms with van der Waals surface area (Å²) >= 11 is 6.38. The zero-order valence-corrected chi connectivity index (χ0v) is 18.2. The molecule has 3 N–H and O–H groups in total. The van der Waals surface area contributed by atoms with Crippen molar-refractivity contribution in [1.82, 2.24) is 14.5 Å². The lowest BCUT2D eigenvalue weighted by molar-refractivity contribution is -0.137. The molecule has 176 valence electrons. The van der Waals surface area contributed by atoms with Gasteiger partial charge in [0.05, 0.1) is 36.2 Å². The number of nitrogens with zero attached hydrogens (tertiary/aromatic N) is 3. The first-order valence-electron chi connectivity index (χ1n) is 10.1. The average Bonchev–Trinajstić information content (AvgIpc) is 2.82. The van der Waals surface area contributed by atoms with Gasteiger partial charge < -0.3 is 15.5 Å². The van der Waals surface area contributed by atoms with Crippen LogP contribution in [0, 0.1) is 0 Å². The van der Waals surface area contributed by atoms with Crippen molar-refractivity contribution in [3.8, 4) is 16.9 Å². The summed E-state index contributed by atoms with van der Waals surface area (Å²) < 4.78 is 40.2. The number of aliphatic hydroxyl groups excluding tert-OH is 2. The van der Waals surface area contributed by atoms with Gasteiger partial charge in [-0.2, -0.15) is 18.2 Å². The van der Waals surface area contributed by atoms with Gasteiger partial charge in [0, 0.05) is 22.0 Å². The third-order valence-corrected chi connectivity index (χ3v) is 5.44. The Morgan fingerprint density at radius 2 is 1.65 bits per heavy atom. The second kappa shape index (κ2) is 9.41. The van der Waals surface area contributed by atoms with Crippen molar-refractivity contribution in [2.75, 3.05) is 18.5 Å². The van der Waals surface area contributed by atoms with Gasteiger partial charge in [0.25, 0.3) is 5.56 Å². The number of rotatable bonds is 6. The molecule has 2 aromatic heterocycles. The van der Waals surface area contributed by atoms with E-state index in [2.05, 4.69) is 15.3 Å². The van der Waals surface area contributed by atoms with Gasteiger partial charge in [0.1, 0.15) is 0 Å². The maximum absolute atomic E-state index is 13.0. The molecule has 0 fully saturated rings. The lowest BCUT2D eigenvalue weighted by atomic mass is 10.1. The minimum atomic E-state index is -4.53. The van der Waals surface area contributed by atoms with Crippen molar-refractivity contribution in [1.29, 1.82) is 0 Å². The molecule has 11 heteroatoms. The van der Waals surface area contributed by atoms with Gasteiger partial charge in [-0.1, -0.05) is 29.8 Å². The fourth-order valence-corrected chi connectivity index (χ4v) is 3.64. The summed E-state index contributed by atoms with van der Waals surface area (Å²) in [6, 6.07) is 13.0. The largest absolute Gasteiger partial charge is 0.416 e. The number of aromatic nitrogens is 3. The normalized spacial score (nSPS) is 11.9. The molecule has 0 spiro atoms. The van der Waals surface area contributed by atoms with E-state index in [1.807, 2.05) is 0 Å². The van der Waals surface area contributed by atoms with Crippen LogP contribution >= 0.6 is 11.6 Å². The van der Waals surface area contributed by atoms with E-state index >= 15 is 0 Å². The molecule has 0 amide bonds. The molecular formula is C23H18ClF3N4O3. The van der Waals surface area contributed by atoms with E-state index in [4.69, 9.17) is 11.6 Å². The highest BCUT2D eigenvalue weighted by Gasteiger charge is 2.30. The van der Waals surface area contributed by atoms with E-state index in [-0.39, 0.29) is 17.3 Å². The van der Waals surface area contributed by atoms with E-state index in [9.17, 15) is 28.2 Å². The van der Waals surface area contributed by atoms with Crippen molar-refractivity contribution in [3.05, 3.63) is 81.6 Å². The molecule has 0 radical (unpaired) electrons. The maximum Gasteiger partial charge on any atom is 0.416 e. The molecule has 2 heterocycles. The third kappa shape index (κ3) is 4.60. The summed E-state index contributed by atoms with van der Waals surface area (Å²) in [6.45, 7) is -0.834. The lowest BCUT2D eigenvalue weighted by Gasteiger charge is -2.17. The van der Waals surface area contributed by atoms with Gasteiger partial charge in [-0.15, -0.1) is 0 Å². The summed E-state index contributed by atoms with van der Waals surface area (Å²) in [5.41, 5.74) is -0.224. The Labute approximate surface area is 196 Å². The van der Waals surface area contributed by atoms with Gasteiger partial charge >= 0.3 is 6.18 Å². The number of nitrogens with one attached hydrogen (secondary N) is 1. The van der Waals surface area contributed by atoms with Crippen LogP contribution in [0.3, 0.4) is 0 Å². The minimum Gasteiger partial charge on any atom is -0.394 e. The molecule has 0 saturated heterocycles. The number of benzene rings is 2. The van der Waals surface area contributed by atoms with Crippen LogP contribution in [0.1, 0.15) is 5.56 Å². The Morgan fingerprint density at radius 3 is 2.26 bits per heavy atom. The Balaban J connectivity index is 2.00. The Bertz CT molecular complexity index is 1390. The number of hydrogen-bond donors (Lipinski definition) is 3. The van der Waals surface area contributed by atoms with E-state index in [0.717, 1.165) is 16.7 Å². The number of pyridine rings is 1. The monoisotopic (exact) mass is 490 g/mol. The molecule has 0 aliphatic carbocycles. The van der Waals surface area contributed by atoms with Crippen LogP contribution in [0.4, 0.5) is 19.1 Å². The van der Waals surface area contributed by atoms with Gasteiger partial charge in [-0.25, -0.2) is 4.98 Å². The Kier molecular flexibility index (Phi) is 6.56. The number of alkyl halides is 3. The molecule has 34 heavy (non-hydrogen) atoms. The SMILES string of the molecule is O=c1ccc2c(-c3ccccc3Cl)nc(NC(CO)CO)nc2n1-c1ccc(C(F)(F)F)cc1. The van der Waals surface area contributed by atoms with Gasteiger partial charge in [0.2, 0.25) is 5.95 Å². The van der Waals surface area contributed by atoms with Crippen LogP contribution in [0.15, 0.2) is 65.5 Å². The van der Waals surface area contributed by atoms with E-state index in [0.29, 0.717) is 21.7 Å². The molecule has 0 atom stereocenters. The fourth-order valence-electron chi connectivity index (χ4n) is 3.42. The minimum absolute atomic E-state index is 0.0122. The van der Waals surface area contributed by atoms with Crippen LogP contribution in [0.25, 0.3) is 28.0 Å². The number of fused-ring (bicyclic) bond motifs is 1. The molecule has 4 rings (SSSR count). The third-order valence-electron chi connectivity index (χ3n) is 5.11. The number of halogens is 4. The molecule has 0 aliphatic heterocycles. The second-order valence-corrected chi connectivity index (χ2v) is 7.78. The Hall–Kier alpha value is -3.47. The summed E-state index contributed by atoms with van der Waals surface area (Å²) in [4.78, 5) is 21.7. The average molecular weight is 491 g/mol. The van der Waals surface area contributed by atoms with Gasteiger partial charge in [-0.3, -0.25) is 9.36 Å². The summed E-state index contributed by atoms with van der Waals surface area (Å²) in [7, 11) is 0. The summed E-state index contributed by atoms with van der Waals surface area (Å²) in [5, 5.41) is 22.5. The van der Waals surface area contributed by atoms with Crippen LogP contribution in [0.2, 0.25) is 5.02 Å². The Morgan fingerprint density at radius 1 is 0.971 bits per heavy atom. The smallest absolute Gasteiger partial charge is 0.394 e. The molecule has 7 nitrogen and oxygen atoms in total.